The summed E-state index contributed by atoms with van der Waals surface area (Å²) in [7, 11) is 0. The standard InChI is InChI=1S/C12H15NO/c1-8-5-12-10(3-4-14-12)7-11(8)6-9(2)13/h3-5,7,9H,6,13H2,1-2H3. The molecule has 1 heterocycles. The minimum Gasteiger partial charge on any atom is -0.464 e. The number of benzene rings is 1. The third kappa shape index (κ3) is 1.66. The van der Waals surface area contributed by atoms with Gasteiger partial charge in [-0.05, 0) is 49.6 Å². The second-order valence-corrected chi connectivity index (χ2v) is 3.92. The Labute approximate surface area is 83.7 Å². The zero-order valence-electron chi connectivity index (χ0n) is 8.58. The highest BCUT2D eigenvalue weighted by Crippen LogP contribution is 2.21. The predicted octanol–water partition coefficient (Wildman–Crippen LogP) is 2.63. The molecule has 0 aliphatic carbocycles. The Bertz CT molecular complexity index is 443. The van der Waals surface area contributed by atoms with E-state index in [0.29, 0.717) is 0 Å². The fourth-order valence-electron chi connectivity index (χ4n) is 1.73. The number of aryl methyl sites for hydroxylation is 1. The second kappa shape index (κ2) is 3.46. The Morgan fingerprint density at radius 2 is 2.21 bits per heavy atom. The molecule has 1 atom stereocenters. The number of hydrogen-bond acceptors (Lipinski definition) is 2. The molecule has 1 aromatic heterocycles. The minimum atomic E-state index is 0.207. The summed E-state index contributed by atoms with van der Waals surface area (Å²) in [5.74, 6) is 0. The van der Waals surface area contributed by atoms with Crippen molar-refractivity contribution in [3.05, 3.63) is 35.6 Å². The van der Waals surface area contributed by atoms with Crippen LogP contribution in [0.1, 0.15) is 18.1 Å². The SMILES string of the molecule is Cc1cc2occc2cc1CC(C)N. The molecule has 0 bridgehead atoms. The first-order valence-corrected chi connectivity index (χ1v) is 4.89. The van der Waals surface area contributed by atoms with Crippen molar-refractivity contribution < 1.29 is 4.42 Å². The fourth-order valence-corrected chi connectivity index (χ4v) is 1.73. The zero-order chi connectivity index (χ0) is 10.1. The average molecular weight is 189 g/mol. The summed E-state index contributed by atoms with van der Waals surface area (Å²) in [5, 5.41) is 1.16. The molecule has 2 aromatic rings. The summed E-state index contributed by atoms with van der Waals surface area (Å²) in [6.07, 6.45) is 2.65. The molecular weight excluding hydrogens is 174 g/mol. The van der Waals surface area contributed by atoms with E-state index in [9.17, 15) is 0 Å². The van der Waals surface area contributed by atoms with Crippen LogP contribution in [0.2, 0.25) is 0 Å². The average Bonchev–Trinajstić information content (AvgIpc) is 2.51. The lowest BCUT2D eigenvalue weighted by atomic mass is 10.0. The first kappa shape index (κ1) is 9.28. The van der Waals surface area contributed by atoms with Gasteiger partial charge in [0, 0.05) is 11.4 Å². The lowest BCUT2D eigenvalue weighted by molar-refractivity contribution is 0.615. The van der Waals surface area contributed by atoms with Gasteiger partial charge in [0.1, 0.15) is 5.58 Å². The van der Waals surface area contributed by atoms with Gasteiger partial charge in [0.25, 0.3) is 0 Å². The smallest absolute Gasteiger partial charge is 0.134 e. The monoisotopic (exact) mass is 189 g/mol. The van der Waals surface area contributed by atoms with E-state index >= 15 is 0 Å². The largest absolute Gasteiger partial charge is 0.464 e. The summed E-state index contributed by atoms with van der Waals surface area (Å²) in [4.78, 5) is 0. The molecule has 0 aliphatic heterocycles. The van der Waals surface area contributed by atoms with E-state index in [-0.39, 0.29) is 6.04 Å². The van der Waals surface area contributed by atoms with Gasteiger partial charge in [0.15, 0.2) is 0 Å². The van der Waals surface area contributed by atoms with Crippen LogP contribution >= 0.6 is 0 Å². The number of furan rings is 1. The van der Waals surface area contributed by atoms with Gasteiger partial charge in [-0.25, -0.2) is 0 Å². The molecule has 0 saturated heterocycles. The van der Waals surface area contributed by atoms with Crippen molar-refractivity contribution >= 4 is 11.0 Å². The molecule has 2 N–H and O–H groups in total. The van der Waals surface area contributed by atoms with E-state index in [2.05, 4.69) is 19.1 Å². The molecule has 0 amide bonds. The molecule has 1 aromatic carbocycles. The van der Waals surface area contributed by atoms with Crippen molar-refractivity contribution in [3.63, 3.8) is 0 Å². The van der Waals surface area contributed by atoms with Crippen LogP contribution in [0.4, 0.5) is 0 Å². The highest BCUT2D eigenvalue weighted by molar-refractivity contribution is 5.78. The maximum atomic E-state index is 5.79. The molecule has 1 unspecified atom stereocenters. The van der Waals surface area contributed by atoms with Crippen molar-refractivity contribution in [2.24, 2.45) is 5.73 Å². The third-order valence-electron chi connectivity index (χ3n) is 2.45. The van der Waals surface area contributed by atoms with Crippen molar-refractivity contribution in [2.75, 3.05) is 0 Å². The summed E-state index contributed by atoms with van der Waals surface area (Å²) < 4.78 is 5.33. The number of hydrogen-bond donors (Lipinski definition) is 1. The van der Waals surface area contributed by atoms with Gasteiger partial charge in [0.05, 0.1) is 6.26 Å². The summed E-state index contributed by atoms with van der Waals surface area (Å²) in [6, 6.07) is 6.43. The van der Waals surface area contributed by atoms with Crippen molar-refractivity contribution in [2.45, 2.75) is 26.3 Å². The highest BCUT2D eigenvalue weighted by atomic mass is 16.3. The van der Waals surface area contributed by atoms with Gasteiger partial charge in [-0.3, -0.25) is 0 Å². The number of rotatable bonds is 2. The van der Waals surface area contributed by atoms with E-state index in [4.69, 9.17) is 10.2 Å². The van der Waals surface area contributed by atoms with Crippen molar-refractivity contribution in [1.29, 1.82) is 0 Å². The molecule has 0 aliphatic rings. The van der Waals surface area contributed by atoms with Gasteiger partial charge in [-0.2, -0.15) is 0 Å². The highest BCUT2D eigenvalue weighted by Gasteiger charge is 2.05. The fraction of sp³-hybridized carbons (Fsp3) is 0.333. The molecule has 74 valence electrons. The third-order valence-corrected chi connectivity index (χ3v) is 2.45. The van der Waals surface area contributed by atoms with Crippen LogP contribution in [0.5, 0.6) is 0 Å². The van der Waals surface area contributed by atoms with Crippen molar-refractivity contribution in [3.8, 4) is 0 Å². The van der Waals surface area contributed by atoms with Crippen LogP contribution in [0.25, 0.3) is 11.0 Å². The Morgan fingerprint density at radius 3 is 2.93 bits per heavy atom. The Balaban J connectivity index is 2.48. The van der Waals surface area contributed by atoms with Gasteiger partial charge < -0.3 is 10.2 Å². The van der Waals surface area contributed by atoms with Gasteiger partial charge in [-0.15, -0.1) is 0 Å². The Kier molecular flexibility index (Phi) is 2.30. The maximum Gasteiger partial charge on any atom is 0.134 e. The molecule has 0 saturated carbocycles. The van der Waals surface area contributed by atoms with E-state index in [1.165, 1.54) is 11.1 Å². The predicted molar refractivity (Wildman–Crippen MR) is 58.3 cm³/mol. The minimum absolute atomic E-state index is 0.207. The van der Waals surface area contributed by atoms with Gasteiger partial charge in [0.2, 0.25) is 0 Å². The quantitative estimate of drug-likeness (QED) is 0.788. The van der Waals surface area contributed by atoms with E-state index < -0.39 is 0 Å². The van der Waals surface area contributed by atoms with Crippen LogP contribution in [-0.4, -0.2) is 6.04 Å². The lowest BCUT2D eigenvalue weighted by Gasteiger charge is -2.08. The van der Waals surface area contributed by atoms with Crippen LogP contribution in [-0.2, 0) is 6.42 Å². The molecule has 14 heavy (non-hydrogen) atoms. The van der Waals surface area contributed by atoms with E-state index in [1.54, 1.807) is 6.26 Å². The lowest BCUT2D eigenvalue weighted by Crippen LogP contribution is -2.18. The molecule has 2 heteroatoms. The molecule has 0 spiro atoms. The number of fused-ring (bicyclic) bond motifs is 1. The number of nitrogens with two attached hydrogens (primary N) is 1. The van der Waals surface area contributed by atoms with Gasteiger partial charge >= 0.3 is 0 Å². The normalized spacial score (nSPS) is 13.4. The molecule has 0 fully saturated rings. The Morgan fingerprint density at radius 1 is 1.43 bits per heavy atom. The molecule has 0 radical (unpaired) electrons. The van der Waals surface area contributed by atoms with Crippen LogP contribution < -0.4 is 5.73 Å². The molecule has 2 nitrogen and oxygen atoms in total. The van der Waals surface area contributed by atoms with Crippen LogP contribution in [0, 0.1) is 6.92 Å². The van der Waals surface area contributed by atoms with Gasteiger partial charge in [-0.1, -0.05) is 0 Å². The van der Waals surface area contributed by atoms with E-state index in [1.807, 2.05) is 13.0 Å². The van der Waals surface area contributed by atoms with Crippen LogP contribution in [0.15, 0.2) is 28.9 Å². The first-order valence-electron chi connectivity index (χ1n) is 4.89. The zero-order valence-corrected chi connectivity index (χ0v) is 8.58. The van der Waals surface area contributed by atoms with Crippen molar-refractivity contribution in [1.82, 2.24) is 0 Å². The summed E-state index contributed by atoms with van der Waals surface area (Å²) in [6.45, 7) is 4.12. The second-order valence-electron chi connectivity index (χ2n) is 3.92. The molecule has 2 rings (SSSR count). The molecular formula is C12H15NO. The topological polar surface area (TPSA) is 39.2 Å². The summed E-state index contributed by atoms with van der Waals surface area (Å²) in [5.41, 5.74) is 9.31. The summed E-state index contributed by atoms with van der Waals surface area (Å²) >= 11 is 0. The first-order chi connectivity index (χ1) is 6.66. The van der Waals surface area contributed by atoms with Crippen LogP contribution in [0.3, 0.4) is 0 Å². The Hall–Kier alpha value is -1.28. The maximum absolute atomic E-state index is 5.79. The van der Waals surface area contributed by atoms with E-state index in [0.717, 1.165) is 17.4 Å².